The molecule has 1 atom stereocenters. The van der Waals surface area contributed by atoms with Crippen LogP contribution in [0.5, 0.6) is 0 Å². The van der Waals surface area contributed by atoms with E-state index < -0.39 is 0 Å². The van der Waals surface area contributed by atoms with E-state index in [1.165, 1.54) is 44.1 Å². The molecule has 2 heteroatoms. The fraction of sp³-hybridized carbons (Fsp3) is 0.625. The second kappa shape index (κ2) is 7.16. The lowest BCUT2D eigenvalue weighted by molar-refractivity contribution is 0.332. The maximum absolute atomic E-state index is 5.94. The number of likely N-dealkylation sites (N-methyl/N-ethyl adjacent to an activating group) is 1. The first kappa shape index (κ1) is 13.9. The van der Waals surface area contributed by atoms with E-state index in [0.717, 1.165) is 17.4 Å². The summed E-state index contributed by atoms with van der Waals surface area (Å²) in [5, 5.41) is 4.36. The summed E-state index contributed by atoms with van der Waals surface area (Å²) in [6, 6.07) is 8.92. The summed E-state index contributed by atoms with van der Waals surface area (Å²) in [5.74, 6) is 0.841. The van der Waals surface area contributed by atoms with Crippen LogP contribution in [0.1, 0.15) is 44.1 Å². The van der Waals surface area contributed by atoms with Crippen molar-refractivity contribution in [3.63, 3.8) is 0 Å². The van der Waals surface area contributed by atoms with Gasteiger partial charge in [0.25, 0.3) is 0 Å². The Kier molecular flexibility index (Phi) is 5.52. The van der Waals surface area contributed by atoms with Crippen LogP contribution in [0.3, 0.4) is 0 Å². The fourth-order valence-electron chi connectivity index (χ4n) is 3.09. The lowest BCUT2D eigenvalue weighted by atomic mass is 9.88. The van der Waals surface area contributed by atoms with E-state index in [1.54, 1.807) is 0 Å². The second-order valence-electron chi connectivity index (χ2n) is 5.48. The van der Waals surface area contributed by atoms with Crippen molar-refractivity contribution >= 4 is 11.6 Å². The number of nitrogens with one attached hydrogen (secondary N) is 1. The van der Waals surface area contributed by atoms with E-state index in [1.807, 2.05) is 12.1 Å². The Morgan fingerprint density at radius 3 is 2.28 bits per heavy atom. The monoisotopic (exact) mass is 265 g/mol. The minimum atomic E-state index is 0.615. The largest absolute Gasteiger partial charge is 0.316 e. The molecule has 0 bridgehead atoms. The van der Waals surface area contributed by atoms with Crippen molar-refractivity contribution in [1.29, 1.82) is 0 Å². The molecule has 0 radical (unpaired) electrons. The number of halogens is 1. The Bertz CT molecular complexity index is 339. The van der Waals surface area contributed by atoms with E-state index in [-0.39, 0.29) is 0 Å². The summed E-state index contributed by atoms with van der Waals surface area (Å²) in [6.07, 6.45) is 9.56. The maximum Gasteiger partial charge on any atom is 0.0406 e. The topological polar surface area (TPSA) is 12.0 Å². The third-order valence-corrected chi connectivity index (χ3v) is 4.46. The molecule has 1 aliphatic rings. The van der Waals surface area contributed by atoms with Crippen LogP contribution in [-0.2, 0) is 6.42 Å². The Morgan fingerprint density at radius 1 is 1.11 bits per heavy atom. The number of hydrogen-bond donors (Lipinski definition) is 1. The molecule has 0 aromatic heterocycles. The van der Waals surface area contributed by atoms with Gasteiger partial charge in [-0.25, -0.2) is 0 Å². The van der Waals surface area contributed by atoms with E-state index >= 15 is 0 Å². The third kappa shape index (κ3) is 4.00. The SMILES string of the molecule is CNC(Cc1ccc(Cl)cc1)C1CCCCCC1. The standard InChI is InChI=1S/C16H24ClN/c1-18-16(14-6-4-2-3-5-7-14)12-13-8-10-15(17)11-9-13/h8-11,14,16,18H,2-7,12H2,1H3. The highest BCUT2D eigenvalue weighted by molar-refractivity contribution is 6.30. The van der Waals surface area contributed by atoms with E-state index in [4.69, 9.17) is 11.6 Å². The lowest BCUT2D eigenvalue weighted by Crippen LogP contribution is -2.35. The molecule has 1 aromatic carbocycles. The van der Waals surface area contributed by atoms with Crippen molar-refractivity contribution in [2.45, 2.75) is 51.0 Å². The summed E-state index contributed by atoms with van der Waals surface area (Å²) < 4.78 is 0. The van der Waals surface area contributed by atoms with Crippen LogP contribution in [-0.4, -0.2) is 13.1 Å². The van der Waals surface area contributed by atoms with E-state index in [2.05, 4.69) is 24.5 Å². The first-order chi connectivity index (χ1) is 8.79. The van der Waals surface area contributed by atoms with Gasteiger partial charge in [0.15, 0.2) is 0 Å². The molecular weight excluding hydrogens is 242 g/mol. The van der Waals surface area contributed by atoms with Crippen LogP contribution < -0.4 is 5.32 Å². The zero-order valence-corrected chi connectivity index (χ0v) is 12.0. The van der Waals surface area contributed by atoms with Crippen molar-refractivity contribution in [2.75, 3.05) is 7.05 Å². The van der Waals surface area contributed by atoms with Gasteiger partial charge in [0.1, 0.15) is 0 Å². The molecule has 0 spiro atoms. The highest BCUT2D eigenvalue weighted by Crippen LogP contribution is 2.27. The van der Waals surface area contributed by atoms with Crippen LogP contribution >= 0.6 is 11.6 Å². The van der Waals surface area contributed by atoms with Gasteiger partial charge in [-0.05, 0) is 49.9 Å². The Hall–Kier alpha value is -0.530. The van der Waals surface area contributed by atoms with Gasteiger partial charge in [0.05, 0.1) is 0 Å². The predicted octanol–water partition coefficient (Wildman–Crippen LogP) is 4.44. The zero-order chi connectivity index (χ0) is 12.8. The lowest BCUT2D eigenvalue weighted by Gasteiger charge is -2.26. The Morgan fingerprint density at radius 2 is 1.72 bits per heavy atom. The first-order valence-corrected chi connectivity index (χ1v) is 7.59. The summed E-state index contributed by atoms with van der Waals surface area (Å²) >= 11 is 5.94. The van der Waals surface area contributed by atoms with Crippen molar-refractivity contribution < 1.29 is 0 Å². The van der Waals surface area contributed by atoms with Gasteiger partial charge >= 0.3 is 0 Å². The molecule has 0 aliphatic heterocycles. The quantitative estimate of drug-likeness (QED) is 0.794. The molecule has 1 aromatic rings. The fourth-order valence-corrected chi connectivity index (χ4v) is 3.22. The molecule has 18 heavy (non-hydrogen) atoms. The van der Waals surface area contributed by atoms with Gasteiger partial charge in [-0.2, -0.15) is 0 Å². The van der Waals surface area contributed by atoms with Crippen LogP contribution in [0, 0.1) is 5.92 Å². The summed E-state index contributed by atoms with van der Waals surface area (Å²) in [7, 11) is 2.10. The van der Waals surface area contributed by atoms with E-state index in [9.17, 15) is 0 Å². The smallest absolute Gasteiger partial charge is 0.0406 e. The van der Waals surface area contributed by atoms with Crippen LogP contribution in [0.15, 0.2) is 24.3 Å². The average molecular weight is 266 g/mol. The average Bonchev–Trinajstić information content (AvgIpc) is 2.67. The zero-order valence-electron chi connectivity index (χ0n) is 11.3. The van der Waals surface area contributed by atoms with Gasteiger partial charge in [0.2, 0.25) is 0 Å². The Labute approximate surface area is 116 Å². The minimum absolute atomic E-state index is 0.615. The van der Waals surface area contributed by atoms with Gasteiger partial charge in [-0.15, -0.1) is 0 Å². The molecule has 1 fully saturated rings. The van der Waals surface area contributed by atoms with Crippen LogP contribution in [0.4, 0.5) is 0 Å². The number of benzene rings is 1. The van der Waals surface area contributed by atoms with Crippen molar-refractivity contribution in [2.24, 2.45) is 5.92 Å². The summed E-state index contributed by atoms with van der Waals surface area (Å²) in [4.78, 5) is 0. The first-order valence-electron chi connectivity index (χ1n) is 7.21. The summed E-state index contributed by atoms with van der Waals surface area (Å²) in [5.41, 5.74) is 1.39. The molecule has 0 amide bonds. The Balaban J connectivity index is 1.97. The maximum atomic E-state index is 5.94. The van der Waals surface area contributed by atoms with Gasteiger partial charge in [-0.3, -0.25) is 0 Å². The molecule has 1 nitrogen and oxygen atoms in total. The molecule has 1 saturated carbocycles. The minimum Gasteiger partial charge on any atom is -0.316 e. The molecule has 0 saturated heterocycles. The summed E-state index contributed by atoms with van der Waals surface area (Å²) in [6.45, 7) is 0. The predicted molar refractivity (Wildman–Crippen MR) is 79.2 cm³/mol. The highest BCUT2D eigenvalue weighted by atomic mass is 35.5. The van der Waals surface area contributed by atoms with Gasteiger partial charge in [-0.1, -0.05) is 49.4 Å². The molecule has 100 valence electrons. The van der Waals surface area contributed by atoms with Gasteiger partial charge < -0.3 is 5.32 Å². The number of hydrogen-bond acceptors (Lipinski definition) is 1. The van der Waals surface area contributed by atoms with Gasteiger partial charge in [0, 0.05) is 11.1 Å². The highest BCUT2D eigenvalue weighted by Gasteiger charge is 2.21. The number of rotatable bonds is 4. The molecule has 2 rings (SSSR count). The molecular formula is C16H24ClN. The molecule has 1 aliphatic carbocycles. The molecule has 1 N–H and O–H groups in total. The van der Waals surface area contributed by atoms with Crippen molar-refractivity contribution in [3.8, 4) is 0 Å². The molecule has 1 unspecified atom stereocenters. The van der Waals surface area contributed by atoms with Crippen LogP contribution in [0.25, 0.3) is 0 Å². The normalized spacial score (nSPS) is 19.4. The second-order valence-corrected chi connectivity index (χ2v) is 5.91. The van der Waals surface area contributed by atoms with E-state index in [0.29, 0.717) is 6.04 Å². The third-order valence-electron chi connectivity index (χ3n) is 4.21. The molecule has 0 heterocycles. The van der Waals surface area contributed by atoms with Crippen molar-refractivity contribution in [3.05, 3.63) is 34.9 Å². The van der Waals surface area contributed by atoms with Crippen LogP contribution in [0.2, 0.25) is 5.02 Å². The van der Waals surface area contributed by atoms with Crippen molar-refractivity contribution in [1.82, 2.24) is 5.32 Å².